The minimum Gasteiger partial charge on any atom is -0.397 e. The molecule has 3 nitrogen and oxygen atoms in total. The molecule has 0 bridgehead atoms. The third kappa shape index (κ3) is 3.19. The van der Waals surface area contributed by atoms with Crippen LogP contribution in [0.5, 0.6) is 0 Å². The third-order valence-corrected chi connectivity index (χ3v) is 5.65. The number of carbonyl (C=O) groups excluding carboxylic acids is 1. The molecule has 0 aliphatic carbocycles. The van der Waals surface area contributed by atoms with E-state index in [1.54, 1.807) is 11.8 Å². The molecule has 1 aromatic heterocycles. The van der Waals surface area contributed by atoms with Crippen molar-refractivity contribution in [3.63, 3.8) is 0 Å². The van der Waals surface area contributed by atoms with Crippen molar-refractivity contribution in [2.24, 2.45) is 0 Å². The van der Waals surface area contributed by atoms with Crippen LogP contribution in [0.15, 0.2) is 18.2 Å². The molecule has 0 aliphatic rings. The first-order chi connectivity index (χ1) is 9.99. The van der Waals surface area contributed by atoms with E-state index in [4.69, 9.17) is 5.73 Å². The Morgan fingerprint density at radius 3 is 2.81 bits per heavy atom. The highest BCUT2D eigenvalue weighted by atomic mass is 32.2. The summed E-state index contributed by atoms with van der Waals surface area (Å²) >= 11 is 3.26. The molecule has 2 rings (SSSR count). The Labute approximate surface area is 134 Å². The summed E-state index contributed by atoms with van der Waals surface area (Å²) in [6, 6.07) is 6.38. The summed E-state index contributed by atoms with van der Waals surface area (Å²) in [5.41, 5.74) is 8.00. The monoisotopic (exact) mass is 322 g/mol. The van der Waals surface area contributed by atoms with Crippen LogP contribution >= 0.6 is 23.1 Å². The van der Waals surface area contributed by atoms with Gasteiger partial charge in [0.2, 0.25) is 0 Å². The van der Waals surface area contributed by atoms with Crippen molar-refractivity contribution in [2.75, 3.05) is 24.8 Å². The molecule has 0 fully saturated rings. The Balaban J connectivity index is 2.36. The van der Waals surface area contributed by atoms with Gasteiger partial charge in [-0.05, 0) is 31.2 Å². The van der Waals surface area contributed by atoms with E-state index in [-0.39, 0.29) is 11.9 Å². The number of amides is 1. The number of thioether (sulfide) groups is 1. The standard InChI is InChI=1S/C16H22N2OS2/c1-5-11(9-20-4)18(3)16(19)15-14(17)12-7-6-10(2)8-13(12)21-15/h6-8,11H,5,9,17H2,1-4H3. The van der Waals surface area contributed by atoms with Gasteiger partial charge >= 0.3 is 0 Å². The summed E-state index contributed by atoms with van der Waals surface area (Å²) < 4.78 is 1.09. The van der Waals surface area contributed by atoms with E-state index in [0.717, 1.165) is 22.3 Å². The first kappa shape index (κ1) is 16.2. The lowest BCUT2D eigenvalue weighted by Gasteiger charge is -2.26. The van der Waals surface area contributed by atoms with Crippen molar-refractivity contribution in [1.82, 2.24) is 4.90 Å². The second-order valence-corrected chi connectivity index (χ2v) is 7.24. The number of nitrogen functional groups attached to an aromatic ring is 1. The minimum absolute atomic E-state index is 0.0345. The smallest absolute Gasteiger partial charge is 0.266 e. The van der Waals surface area contributed by atoms with Crippen LogP contribution in [0.25, 0.3) is 10.1 Å². The number of hydrogen-bond acceptors (Lipinski definition) is 4. The van der Waals surface area contributed by atoms with Gasteiger partial charge in [0.15, 0.2) is 0 Å². The molecule has 5 heteroatoms. The zero-order chi connectivity index (χ0) is 15.6. The normalized spacial score (nSPS) is 12.6. The molecule has 0 aliphatic heterocycles. The summed E-state index contributed by atoms with van der Waals surface area (Å²) in [4.78, 5) is 15.2. The Hall–Kier alpha value is -1.20. The van der Waals surface area contributed by atoms with E-state index in [2.05, 4.69) is 26.2 Å². The number of thiophene rings is 1. The van der Waals surface area contributed by atoms with Gasteiger partial charge in [0.1, 0.15) is 4.88 Å². The predicted octanol–water partition coefficient (Wildman–Crippen LogP) is 4.01. The number of carbonyl (C=O) groups is 1. The maximum absolute atomic E-state index is 12.7. The number of hydrogen-bond donors (Lipinski definition) is 1. The van der Waals surface area contributed by atoms with Crippen molar-refractivity contribution in [3.8, 4) is 0 Å². The van der Waals surface area contributed by atoms with Gasteiger partial charge in [-0.25, -0.2) is 0 Å². The topological polar surface area (TPSA) is 46.3 Å². The van der Waals surface area contributed by atoms with E-state index in [1.165, 1.54) is 16.9 Å². The summed E-state index contributed by atoms with van der Waals surface area (Å²) in [6.45, 7) is 4.16. The quantitative estimate of drug-likeness (QED) is 0.905. The van der Waals surface area contributed by atoms with Gasteiger partial charge in [0.25, 0.3) is 5.91 Å². The molecule has 2 N–H and O–H groups in total. The predicted molar refractivity (Wildman–Crippen MR) is 95.5 cm³/mol. The second-order valence-electron chi connectivity index (χ2n) is 5.28. The highest BCUT2D eigenvalue weighted by molar-refractivity contribution is 7.98. The van der Waals surface area contributed by atoms with E-state index < -0.39 is 0 Å². The number of benzene rings is 1. The van der Waals surface area contributed by atoms with E-state index in [1.807, 2.05) is 24.1 Å². The van der Waals surface area contributed by atoms with Crippen LogP contribution in [-0.2, 0) is 0 Å². The first-order valence-electron chi connectivity index (χ1n) is 7.04. The number of anilines is 1. The average Bonchev–Trinajstić information content (AvgIpc) is 2.79. The minimum atomic E-state index is 0.0345. The number of nitrogens with zero attached hydrogens (tertiary/aromatic N) is 1. The third-order valence-electron chi connectivity index (χ3n) is 3.78. The second kappa shape index (κ2) is 6.71. The lowest BCUT2D eigenvalue weighted by molar-refractivity contribution is 0.0749. The van der Waals surface area contributed by atoms with E-state index in [9.17, 15) is 4.79 Å². The largest absolute Gasteiger partial charge is 0.397 e. The van der Waals surface area contributed by atoms with Crippen molar-refractivity contribution >= 4 is 44.8 Å². The molecule has 114 valence electrons. The Morgan fingerprint density at radius 1 is 1.48 bits per heavy atom. The Morgan fingerprint density at radius 2 is 2.19 bits per heavy atom. The highest BCUT2D eigenvalue weighted by Crippen LogP contribution is 2.35. The molecule has 0 saturated carbocycles. The van der Waals surface area contributed by atoms with Crippen molar-refractivity contribution < 1.29 is 4.79 Å². The van der Waals surface area contributed by atoms with Gasteiger partial charge in [0.05, 0.1) is 5.69 Å². The van der Waals surface area contributed by atoms with Gasteiger partial charge in [-0.2, -0.15) is 11.8 Å². The SMILES string of the molecule is CCC(CSC)N(C)C(=O)c1sc2cc(C)ccc2c1N. The van der Waals surface area contributed by atoms with Crippen LogP contribution in [0.2, 0.25) is 0 Å². The molecule has 0 saturated heterocycles. The maximum atomic E-state index is 12.7. The Kier molecular flexibility index (Phi) is 5.17. The van der Waals surface area contributed by atoms with Crippen LogP contribution in [0.3, 0.4) is 0 Å². The lowest BCUT2D eigenvalue weighted by Crippen LogP contribution is -2.38. The summed E-state index contributed by atoms with van der Waals surface area (Å²) in [5.74, 6) is 0.982. The van der Waals surface area contributed by atoms with Gasteiger partial charge in [-0.3, -0.25) is 4.79 Å². The number of rotatable bonds is 5. The van der Waals surface area contributed by atoms with Crippen LogP contribution < -0.4 is 5.73 Å². The van der Waals surface area contributed by atoms with Gasteiger partial charge in [-0.1, -0.05) is 19.1 Å². The lowest BCUT2D eigenvalue weighted by atomic mass is 10.1. The van der Waals surface area contributed by atoms with Crippen molar-refractivity contribution in [2.45, 2.75) is 26.3 Å². The van der Waals surface area contributed by atoms with Crippen LogP contribution in [0.4, 0.5) is 5.69 Å². The van der Waals surface area contributed by atoms with Crippen LogP contribution in [0, 0.1) is 6.92 Å². The molecule has 21 heavy (non-hydrogen) atoms. The Bertz CT molecular complexity index is 651. The zero-order valence-corrected chi connectivity index (χ0v) is 14.6. The van der Waals surface area contributed by atoms with Crippen molar-refractivity contribution in [1.29, 1.82) is 0 Å². The molecule has 1 unspecified atom stereocenters. The van der Waals surface area contributed by atoms with Crippen LogP contribution in [-0.4, -0.2) is 35.9 Å². The fourth-order valence-electron chi connectivity index (χ4n) is 2.40. The van der Waals surface area contributed by atoms with E-state index >= 15 is 0 Å². The first-order valence-corrected chi connectivity index (χ1v) is 9.25. The highest BCUT2D eigenvalue weighted by Gasteiger charge is 2.24. The molecular formula is C16H22N2OS2. The number of aryl methyl sites for hydroxylation is 1. The summed E-state index contributed by atoms with van der Waals surface area (Å²) in [5, 5.41) is 0.986. The van der Waals surface area contributed by atoms with Crippen molar-refractivity contribution in [3.05, 3.63) is 28.6 Å². The molecule has 2 aromatic rings. The maximum Gasteiger partial charge on any atom is 0.266 e. The van der Waals surface area contributed by atoms with Gasteiger partial charge < -0.3 is 10.6 Å². The van der Waals surface area contributed by atoms with Gasteiger partial charge in [-0.15, -0.1) is 11.3 Å². The fraction of sp³-hybridized carbons (Fsp3) is 0.438. The molecule has 0 radical (unpaired) electrons. The molecule has 1 heterocycles. The summed E-state index contributed by atoms with van der Waals surface area (Å²) in [7, 11) is 1.88. The zero-order valence-electron chi connectivity index (χ0n) is 13.0. The average molecular weight is 322 g/mol. The molecule has 1 amide bonds. The fourth-order valence-corrected chi connectivity index (χ4v) is 4.45. The molecule has 1 atom stereocenters. The van der Waals surface area contributed by atoms with E-state index in [0.29, 0.717) is 10.6 Å². The van der Waals surface area contributed by atoms with Crippen LogP contribution in [0.1, 0.15) is 28.6 Å². The molecule has 0 spiro atoms. The molecule has 1 aromatic carbocycles. The molecular weight excluding hydrogens is 300 g/mol. The van der Waals surface area contributed by atoms with Gasteiger partial charge in [0, 0.05) is 28.9 Å². The number of fused-ring (bicyclic) bond motifs is 1. The summed E-state index contributed by atoms with van der Waals surface area (Å²) in [6.07, 6.45) is 3.02. The number of nitrogens with two attached hydrogens (primary N) is 1.